The maximum atomic E-state index is 13.2. The van der Waals surface area contributed by atoms with Crippen LogP contribution < -0.4 is 5.69 Å². The summed E-state index contributed by atoms with van der Waals surface area (Å²) in [6, 6.07) is 6.73. The molecule has 0 radical (unpaired) electrons. The van der Waals surface area contributed by atoms with Crippen LogP contribution in [0.4, 0.5) is 13.2 Å². The molecule has 0 spiro atoms. The predicted molar refractivity (Wildman–Crippen MR) is 107 cm³/mol. The minimum absolute atomic E-state index is 0.0375. The first-order valence-corrected chi connectivity index (χ1v) is 10.8. The van der Waals surface area contributed by atoms with E-state index in [4.69, 9.17) is 0 Å². The molecule has 1 N–H and O–H groups in total. The van der Waals surface area contributed by atoms with E-state index in [1.165, 1.54) is 4.57 Å². The van der Waals surface area contributed by atoms with Crippen molar-refractivity contribution in [1.82, 2.24) is 14.1 Å². The van der Waals surface area contributed by atoms with Gasteiger partial charge in [0.25, 0.3) is 9.84 Å². The minimum atomic E-state index is -5.52. The van der Waals surface area contributed by atoms with Crippen molar-refractivity contribution in [2.75, 3.05) is 0 Å². The van der Waals surface area contributed by atoms with Gasteiger partial charge in [0.2, 0.25) is 5.88 Å². The van der Waals surface area contributed by atoms with E-state index in [9.17, 15) is 31.5 Å². The number of hydrogen-bond acceptors (Lipinski definition) is 5. The van der Waals surface area contributed by atoms with Crippen molar-refractivity contribution in [3.63, 3.8) is 0 Å². The summed E-state index contributed by atoms with van der Waals surface area (Å²) in [6.45, 7) is 3.50. The summed E-state index contributed by atoms with van der Waals surface area (Å²) in [5.41, 5.74) is -4.92. The van der Waals surface area contributed by atoms with Crippen LogP contribution >= 0.6 is 0 Å². The number of halogens is 3. The van der Waals surface area contributed by atoms with E-state index < -0.39 is 32.0 Å². The summed E-state index contributed by atoms with van der Waals surface area (Å²) in [4.78, 5) is 16.2. The fourth-order valence-corrected chi connectivity index (χ4v) is 4.18. The molecule has 0 amide bonds. The third kappa shape index (κ3) is 3.97. The summed E-state index contributed by atoms with van der Waals surface area (Å²) >= 11 is 0. The van der Waals surface area contributed by atoms with Crippen molar-refractivity contribution >= 4 is 9.84 Å². The zero-order chi connectivity index (χ0) is 23.0. The molecular formula is C20H20F3N3O4S. The van der Waals surface area contributed by atoms with Crippen molar-refractivity contribution in [3.05, 3.63) is 70.5 Å². The third-order valence-corrected chi connectivity index (χ3v) is 6.47. The van der Waals surface area contributed by atoms with Gasteiger partial charge in [-0.2, -0.15) is 13.2 Å². The van der Waals surface area contributed by atoms with Crippen LogP contribution in [0.5, 0.6) is 5.88 Å². The molecule has 1 aromatic carbocycles. The zero-order valence-corrected chi connectivity index (χ0v) is 17.5. The number of sulfone groups is 1. The van der Waals surface area contributed by atoms with E-state index in [1.54, 1.807) is 31.5 Å². The monoisotopic (exact) mass is 455 g/mol. The molecule has 11 heteroatoms. The standard InChI is InChI=1S/C20H20F3N3O4S/c1-3-4-17(14-9-11-24-12-10-14)25-13(2)18(27)26(19(25)28)15-5-7-16(8-6-15)31(29,30)20(21,22)23/h5-12,17,27H,3-4H2,1-2H3. The average Bonchev–Trinajstić information content (AvgIpc) is 2.95. The summed E-state index contributed by atoms with van der Waals surface area (Å²) in [6.07, 6.45) is 4.52. The number of imidazole rings is 1. The summed E-state index contributed by atoms with van der Waals surface area (Å²) in [7, 11) is -5.52. The molecule has 0 aliphatic carbocycles. The van der Waals surface area contributed by atoms with Gasteiger partial charge >= 0.3 is 11.2 Å². The van der Waals surface area contributed by atoms with Gasteiger partial charge in [-0.3, -0.25) is 9.55 Å². The highest BCUT2D eigenvalue weighted by molar-refractivity contribution is 7.92. The van der Waals surface area contributed by atoms with Crippen LogP contribution in [0.2, 0.25) is 0 Å². The Morgan fingerprint density at radius 1 is 1.10 bits per heavy atom. The highest BCUT2D eigenvalue weighted by atomic mass is 32.2. The smallest absolute Gasteiger partial charge is 0.493 e. The van der Waals surface area contributed by atoms with Gasteiger partial charge in [-0.05, 0) is 55.3 Å². The molecule has 166 valence electrons. The minimum Gasteiger partial charge on any atom is -0.493 e. The topological polar surface area (TPSA) is 94.2 Å². The van der Waals surface area contributed by atoms with E-state index in [0.29, 0.717) is 6.42 Å². The Balaban J connectivity index is 2.12. The fourth-order valence-electron chi connectivity index (χ4n) is 3.42. The van der Waals surface area contributed by atoms with Gasteiger partial charge in [0, 0.05) is 12.4 Å². The number of aromatic hydroxyl groups is 1. The highest BCUT2D eigenvalue weighted by Gasteiger charge is 2.46. The quantitative estimate of drug-likeness (QED) is 0.611. The van der Waals surface area contributed by atoms with Crippen LogP contribution in [-0.2, 0) is 9.84 Å². The molecule has 2 heterocycles. The molecule has 7 nitrogen and oxygen atoms in total. The van der Waals surface area contributed by atoms with Gasteiger partial charge in [0.15, 0.2) is 0 Å². The Labute approximate surface area is 176 Å². The lowest BCUT2D eigenvalue weighted by molar-refractivity contribution is -0.0436. The van der Waals surface area contributed by atoms with Gasteiger partial charge in [0.1, 0.15) is 0 Å². The van der Waals surface area contributed by atoms with Gasteiger partial charge in [-0.15, -0.1) is 0 Å². The van der Waals surface area contributed by atoms with E-state index >= 15 is 0 Å². The maximum Gasteiger partial charge on any atom is 0.501 e. The molecule has 0 bridgehead atoms. The molecule has 1 atom stereocenters. The molecule has 0 aliphatic rings. The summed E-state index contributed by atoms with van der Waals surface area (Å²) in [5.74, 6) is -0.383. The number of pyridine rings is 1. The lowest BCUT2D eigenvalue weighted by Gasteiger charge is -2.19. The Kier molecular flexibility index (Phi) is 5.99. The molecular weight excluding hydrogens is 435 g/mol. The Hall–Kier alpha value is -3.08. The van der Waals surface area contributed by atoms with Crippen LogP contribution in [0.15, 0.2) is 58.5 Å². The van der Waals surface area contributed by atoms with Crippen molar-refractivity contribution < 1.29 is 26.7 Å². The van der Waals surface area contributed by atoms with Gasteiger partial charge in [-0.1, -0.05) is 13.3 Å². The van der Waals surface area contributed by atoms with Gasteiger partial charge in [-0.25, -0.2) is 17.8 Å². The first-order chi connectivity index (χ1) is 14.5. The van der Waals surface area contributed by atoms with E-state index in [0.717, 1.165) is 40.8 Å². The number of alkyl halides is 3. The SMILES string of the molecule is CCCC(c1ccncc1)n1c(C)c(O)n(-c2ccc(S(=O)(=O)C(F)(F)F)cc2)c1=O. The van der Waals surface area contributed by atoms with Crippen molar-refractivity contribution in [1.29, 1.82) is 0 Å². The summed E-state index contributed by atoms with van der Waals surface area (Å²) in [5, 5.41) is 10.6. The fraction of sp³-hybridized carbons (Fsp3) is 0.300. The zero-order valence-electron chi connectivity index (χ0n) is 16.7. The van der Waals surface area contributed by atoms with Crippen LogP contribution in [0.3, 0.4) is 0 Å². The third-order valence-electron chi connectivity index (χ3n) is 4.97. The summed E-state index contributed by atoms with van der Waals surface area (Å²) < 4.78 is 63.7. The molecule has 0 aliphatic heterocycles. The van der Waals surface area contributed by atoms with Gasteiger partial charge < -0.3 is 5.11 Å². The molecule has 0 saturated heterocycles. The molecule has 3 rings (SSSR count). The second kappa shape index (κ2) is 8.22. The van der Waals surface area contributed by atoms with Crippen LogP contribution in [0, 0.1) is 6.92 Å². The molecule has 0 saturated carbocycles. The largest absolute Gasteiger partial charge is 0.501 e. The second-order valence-electron chi connectivity index (χ2n) is 6.93. The number of hydrogen-bond donors (Lipinski definition) is 1. The Bertz CT molecular complexity index is 1230. The molecule has 0 fully saturated rings. The van der Waals surface area contributed by atoms with Crippen molar-refractivity contribution in [2.24, 2.45) is 0 Å². The van der Waals surface area contributed by atoms with Crippen LogP contribution in [0.1, 0.15) is 37.1 Å². The van der Waals surface area contributed by atoms with Crippen LogP contribution in [0.25, 0.3) is 5.69 Å². The van der Waals surface area contributed by atoms with E-state index in [1.807, 2.05) is 6.92 Å². The molecule has 31 heavy (non-hydrogen) atoms. The molecule has 3 aromatic rings. The number of benzene rings is 1. The first kappa shape index (κ1) is 22.6. The van der Waals surface area contributed by atoms with Crippen LogP contribution in [-0.4, -0.2) is 33.2 Å². The van der Waals surface area contributed by atoms with Gasteiger partial charge in [0.05, 0.1) is 22.3 Å². The molecule has 1 unspecified atom stereocenters. The van der Waals surface area contributed by atoms with E-state index in [2.05, 4.69) is 4.98 Å². The highest BCUT2D eigenvalue weighted by Crippen LogP contribution is 2.32. The number of aromatic nitrogens is 3. The Morgan fingerprint density at radius 3 is 2.19 bits per heavy atom. The first-order valence-electron chi connectivity index (χ1n) is 9.35. The lowest BCUT2D eigenvalue weighted by atomic mass is 10.0. The molecule has 2 aromatic heterocycles. The number of nitrogens with zero attached hydrogens (tertiary/aromatic N) is 3. The maximum absolute atomic E-state index is 13.2. The van der Waals surface area contributed by atoms with Crippen molar-refractivity contribution in [2.45, 2.75) is 43.1 Å². The second-order valence-corrected chi connectivity index (χ2v) is 8.87. The normalized spacial score (nSPS) is 13.3. The van der Waals surface area contributed by atoms with Crippen molar-refractivity contribution in [3.8, 4) is 11.6 Å². The lowest BCUT2D eigenvalue weighted by Crippen LogP contribution is -2.28. The number of rotatable bonds is 6. The Morgan fingerprint density at radius 2 is 1.68 bits per heavy atom. The van der Waals surface area contributed by atoms with E-state index in [-0.39, 0.29) is 17.3 Å². The average molecular weight is 455 g/mol. The predicted octanol–water partition coefficient (Wildman–Crippen LogP) is 3.73.